The summed E-state index contributed by atoms with van der Waals surface area (Å²) in [7, 11) is 0. The van der Waals surface area contributed by atoms with Gasteiger partial charge in [-0.1, -0.05) is 29.8 Å². The van der Waals surface area contributed by atoms with Gasteiger partial charge in [-0.25, -0.2) is 0 Å². The van der Waals surface area contributed by atoms with Gasteiger partial charge in [-0.15, -0.1) is 0 Å². The molecule has 0 saturated carbocycles. The molecule has 1 aromatic rings. The fourth-order valence-electron chi connectivity index (χ4n) is 2.64. The van der Waals surface area contributed by atoms with Crippen LogP contribution in [0.4, 0.5) is 0 Å². The maximum Gasteiger partial charge on any atom is 0.126 e. The molecule has 2 atom stereocenters. The number of aryl methyl sites for hydroxylation is 1. The molecule has 1 aliphatic rings. The smallest absolute Gasteiger partial charge is 0.126 e. The number of benzene rings is 1. The molecule has 0 aliphatic carbocycles. The van der Waals surface area contributed by atoms with Crippen molar-refractivity contribution in [1.82, 2.24) is 5.32 Å². The monoisotopic (exact) mass is 355 g/mol. The summed E-state index contributed by atoms with van der Waals surface area (Å²) in [6, 6.07) is 4.69. The van der Waals surface area contributed by atoms with Crippen LogP contribution in [0.15, 0.2) is 16.6 Å². The molecule has 0 radical (unpaired) electrons. The molecule has 3 nitrogen and oxygen atoms in total. The molecule has 21 heavy (non-hydrogen) atoms. The van der Waals surface area contributed by atoms with Crippen molar-refractivity contribution in [3.63, 3.8) is 0 Å². The van der Waals surface area contributed by atoms with Crippen molar-refractivity contribution in [3.8, 4) is 5.75 Å². The second-order valence-electron chi connectivity index (χ2n) is 6.20. The third-order valence-corrected chi connectivity index (χ3v) is 4.21. The van der Waals surface area contributed by atoms with E-state index in [1.54, 1.807) is 0 Å². The van der Waals surface area contributed by atoms with Crippen LogP contribution in [0.5, 0.6) is 5.75 Å². The summed E-state index contributed by atoms with van der Waals surface area (Å²) in [5.41, 5.74) is 2.36. The number of ether oxygens (including phenoxy) is 2. The zero-order valence-electron chi connectivity index (χ0n) is 13.4. The largest absolute Gasteiger partial charge is 0.490 e. The van der Waals surface area contributed by atoms with Gasteiger partial charge in [0.15, 0.2) is 0 Å². The lowest BCUT2D eigenvalue weighted by Gasteiger charge is -2.19. The van der Waals surface area contributed by atoms with Crippen LogP contribution >= 0.6 is 15.9 Å². The Labute approximate surface area is 136 Å². The van der Waals surface area contributed by atoms with Gasteiger partial charge in [0.25, 0.3) is 0 Å². The van der Waals surface area contributed by atoms with E-state index in [2.05, 4.69) is 61.1 Å². The van der Waals surface area contributed by atoms with E-state index in [-0.39, 0.29) is 6.10 Å². The minimum absolute atomic E-state index is 0.231. The number of hydrogen-bond acceptors (Lipinski definition) is 3. The zero-order valence-corrected chi connectivity index (χ0v) is 15.0. The van der Waals surface area contributed by atoms with Gasteiger partial charge >= 0.3 is 0 Å². The molecule has 0 bridgehead atoms. The SMILES string of the molecule is Cc1cc(Br)cc(CNC(C)C)c1OCC1CCC(C)O1. The molecule has 0 spiro atoms. The van der Waals surface area contributed by atoms with Crippen LogP contribution in [0.1, 0.15) is 44.7 Å². The predicted octanol–water partition coefficient (Wildman–Crippen LogP) is 4.20. The Bertz CT molecular complexity index is 476. The highest BCUT2D eigenvalue weighted by atomic mass is 79.9. The lowest BCUT2D eigenvalue weighted by molar-refractivity contribution is 0.0261. The van der Waals surface area contributed by atoms with Crippen molar-refractivity contribution in [1.29, 1.82) is 0 Å². The first kappa shape index (κ1) is 16.8. The van der Waals surface area contributed by atoms with E-state index in [9.17, 15) is 0 Å². The van der Waals surface area contributed by atoms with Gasteiger partial charge in [-0.2, -0.15) is 0 Å². The van der Waals surface area contributed by atoms with E-state index in [1.165, 1.54) is 5.56 Å². The van der Waals surface area contributed by atoms with Crippen molar-refractivity contribution in [2.24, 2.45) is 0 Å². The highest BCUT2D eigenvalue weighted by Crippen LogP contribution is 2.29. The first-order chi connectivity index (χ1) is 9.95. The van der Waals surface area contributed by atoms with Gasteiger partial charge in [0.05, 0.1) is 12.2 Å². The van der Waals surface area contributed by atoms with Crippen LogP contribution in [0.25, 0.3) is 0 Å². The van der Waals surface area contributed by atoms with Crippen LogP contribution in [0.2, 0.25) is 0 Å². The van der Waals surface area contributed by atoms with Crippen LogP contribution in [-0.4, -0.2) is 24.9 Å². The van der Waals surface area contributed by atoms with Crippen molar-refractivity contribution in [2.45, 2.75) is 65.3 Å². The fourth-order valence-corrected chi connectivity index (χ4v) is 3.26. The number of halogens is 1. The van der Waals surface area contributed by atoms with Crippen LogP contribution in [-0.2, 0) is 11.3 Å². The second-order valence-corrected chi connectivity index (χ2v) is 7.12. The Kier molecular flexibility index (Phi) is 6.08. The molecule has 4 heteroatoms. The van der Waals surface area contributed by atoms with Gasteiger partial charge in [-0.05, 0) is 44.4 Å². The minimum atomic E-state index is 0.231. The summed E-state index contributed by atoms with van der Waals surface area (Å²) in [5.74, 6) is 0.995. The summed E-state index contributed by atoms with van der Waals surface area (Å²) < 4.78 is 13.0. The third-order valence-electron chi connectivity index (χ3n) is 3.75. The Balaban J connectivity index is 2.05. The molecule has 1 aliphatic heterocycles. The first-order valence-corrected chi connectivity index (χ1v) is 8.55. The molecule has 0 aromatic heterocycles. The van der Waals surface area contributed by atoms with Crippen molar-refractivity contribution >= 4 is 15.9 Å². The highest BCUT2D eigenvalue weighted by molar-refractivity contribution is 9.10. The molecule has 118 valence electrons. The molecule has 1 saturated heterocycles. The summed E-state index contributed by atoms with van der Waals surface area (Å²) in [6.45, 7) is 9.98. The Morgan fingerprint density at radius 1 is 1.38 bits per heavy atom. The van der Waals surface area contributed by atoms with Crippen LogP contribution < -0.4 is 10.1 Å². The van der Waals surface area contributed by atoms with Gasteiger partial charge in [0.2, 0.25) is 0 Å². The molecule has 1 fully saturated rings. The standard InChI is InChI=1S/C17H26BrNO2/c1-11(2)19-9-14-8-15(18)7-12(3)17(14)20-10-16-6-5-13(4)21-16/h7-8,11,13,16,19H,5-6,9-10H2,1-4H3. The van der Waals surface area contributed by atoms with Crippen molar-refractivity contribution in [2.75, 3.05) is 6.61 Å². The van der Waals surface area contributed by atoms with Gasteiger partial charge in [-0.3, -0.25) is 0 Å². The van der Waals surface area contributed by atoms with E-state index < -0.39 is 0 Å². The second kappa shape index (κ2) is 7.61. The van der Waals surface area contributed by atoms with Crippen LogP contribution in [0.3, 0.4) is 0 Å². The van der Waals surface area contributed by atoms with Crippen molar-refractivity contribution in [3.05, 3.63) is 27.7 Å². The lowest BCUT2D eigenvalue weighted by Crippen LogP contribution is -2.23. The molecule has 0 amide bonds. The summed E-state index contributed by atoms with van der Waals surface area (Å²) in [4.78, 5) is 0. The molecule has 2 rings (SSSR count). The summed E-state index contributed by atoms with van der Waals surface area (Å²) in [6.07, 6.45) is 2.83. The molecule has 1 heterocycles. The Hall–Kier alpha value is -0.580. The number of nitrogens with one attached hydrogen (secondary N) is 1. The fraction of sp³-hybridized carbons (Fsp3) is 0.647. The number of hydrogen-bond donors (Lipinski definition) is 1. The van der Waals surface area contributed by atoms with E-state index in [4.69, 9.17) is 9.47 Å². The van der Waals surface area contributed by atoms with Gasteiger partial charge < -0.3 is 14.8 Å². The maximum atomic E-state index is 6.10. The maximum absolute atomic E-state index is 6.10. The Morgan fingerprint density at radius 3 is 2.76 bits per heavy atom. The summed E-state index contributed by atoms with van der Waals surface area (Å²) >= 11 is 3.57. The lowest BCUT2D eigenvalue weighted by atomic mass is 10.1. The average molecular weight is 356 g/mol. The average Bonchev–Trinajstić information content (AvgIpc) is 2.80. The Morgan fingerprint density at radius 2 is 2.14 bits per heavy atom. The molecule has 2 unspecified atom stereocenters. The normalized spacial score (nSPS) is 22.0. The summed E-state index contributed by atoms with van der Waals surface area (Å²) in [5, 5.41) is 3.46. The molecular weight excluding hydrogens is 330 g/mol. The first-order valence-electron chi connectivity index (χ1n) is 7.76. The van der Waals surface area contributed by atoms with E-state index in [1.807, 2.05) is 0 Å². The van der Waals surface area contributed by atoms with E-state index >= 15 is 0 Å². The molecule has 1 aromatic carbocycles. The minimum Gasteiger partial charge on any atom is -0.490 e. The predicted molar refractivity (Wildman–Crippen MR) is 89.9 cm³/mol. The van der Waals surface area contributed by atoms with E-state index in [0.717, 1.165) is 35.2 Å². The van der Waals surface area contributed by atoms with Crippen LogP contribution in [0, 0.1) is 6.92 Å². The third kappa shape index (κ3) is 4.97. The number of rotatable bonds is 6. The topological polar surface area (TPSA) is 30.5 Å². The molecule has 1 N–H and O–H groups in total. The zero-order chi connectivity index (χ0) is 15.4. The highest BCUT2D eigenvalue weighted by Gasteiger charge is 2.23. The molecular formula is C17H26BrNO2. The van der Waals surface area contributed by atoms with Crippen molar-refractivity contribution < 1.29 is 9.47 Å². The van der Waals surface area contributed by atoms with E-state index in [0.29, 0.717) is 18.8 Å². The van der Waals surface area contributed by atoms with Gasteiger partial charge in [0, 0.05) is 22.6 Å². The van der Waals surface area contributed by atoms with Gasteiger partial charge in [0.1, 0.15) is 12.4 Å². The quantitative estimate of drug-likeness (QED) is 0.829.